The van der Waals surface area contributed by atoms with Gasteiger partial charge in [0.25, 0.3) is 5.69 Å². The van der Waals surface area contributed by atoms with Gasteiger partial charge in [0.2, 0.25) is 5.91 Å². The van der Waals surface area contributed by atoms with Gasteiger partial charge in [0, 0.05) is 30.3 Å². The minimum atomic E-state index is -0.458. The van der Waals surface area contributed by atoms with Gasteiger partial charge >= 0.3 is 0 Å². The predicted molar refractivity (Wildman–Crippen MR) is 76.6 cm³/mol. The standard InChI is InChI=1S/C14H19N3O3/c18-14(9-6-11-3-1-2-10-15-11)16-12-4-7-13(8-5-12)17(19)20/h4-5,7-8,11,15H,1-3,6,9-10H2,(H,16,18). The SMILES string of the molecule is O=C(CCC1CCCCN1)Nc1ccc([N+](=O)[O-])cc1. The highest BCUT2D eigenvalue weighted by Crippen LogP contribution is 2.16. The van der Waals surface area contributed by atoms with Crippen LogP contribution in [0.25, 0.3) is 0 Å². The van der Waals surface area contributed by atoms with Crippen LogP contribution in [0.4, 0.5) is 11.4 Å². The van der Waals surface area contributed by atoms with Crippen molar-refractivity contribution in [3.05, 3.63) is 34.4 Å². The first-order chi connectivity index (χ1) is 9.65. The molecule has 1 heterocycles. The molecule has 6 heteroatoms. The van der Waals surface area contributed by atoms with Gasteiger partial charge in [-0.2, -0.15) is 0 Å². The van der Waals surface area contributed by atoms with E-state index in [4.69, 9.17) is 0 Å². The van der Waals surface area contributed by atoms with E-state index in [1.54, 1.807) is 12.1 Å². The van der Waals surface area contributed by atoms with E-state index in [2.05, 4.69) is 10.6 Å². The van der Waals surface area contributed by atoms with Gasteiger partial charge in [-0.15, -0.1) is 0 Å². The number of nitro groups is 1. The number of hydrogen-bond donors (Lipinski definition) is 2. The third kappa shape index (κ3) is 4.31. The first-order valence-corrected chi connectivity index (χ1v) is 6.93. The second-order valence-corrected chi connectivity index (χ2v) is 5.04. The second-order valence-electron chi connectivity index (χ2n) is 5.04. The maximum atomic E-state index is 11.8. The zero-order valence-electron chi connectivity index (χ0n) is 11.3. The van der Waals surface area contributed by atoms with Gasteiger partial charge in [0.15, 0.2) is 0 Å². The third-order valence-corrected chi connectivity index (χ3v) is 3.49. The van der Waals surface area contributed by atoms with Crippen molar-refractivity contribution in [2.24, 2.45) is 0 Å². The number of carbonyl (C=O) groups excluding carboxylic acids is 1. The van der Waals surface area contributed by atoms with Gasteiger partial charge in [-0.05, 0) is 37.9 Å². The molecule has 2 N–H and O–H groups in total. The lowest BCUT2D eigenvalue weighted by Gasteiger charge is -2.23. The minimum absolute atomic E-state index is 0.0226. The number of nitrogens with zero attached hydrogens (tertiary/aromatic N) is 1. The average molecular weight is 277 g/mol. The van der Waals surface area contributed by atoms with E-state index < -0.39 is 4.92 Å². The summed E-state index contributed by atoms with van der Waals surface area (Å²) in [7, 11) is 0. The van der Waals surface area contributed by atoms with Crippen LogP contribution in [0.5, 0.6) is 0 Å². The number of amides is 1. The molecule has 108 valence electrons. The predicted octanol–water partition coefficient (Wildman–Crippen LogP) is 2.46. The lowest BCUT2D eigenvalue weighted by Crippen LogP contribution is -2.34. The van der Waals surface area contributed by atoms with Crippen molar-refractivity contribution in [2.75, 3.05) is 11.9 Å². The first kappa shape index (κ1) is 14.5. The van der Waals surface area contributed by atoms with Crippen molar-refractivity contribution in [1.82, 2.24) is 5.32 Å². The van der Waals surface area contributed by atoms with E-state index in [0.717, 1.165) is 19.4 Å². The van der Waals surface area contributed by atoms with Crippen LogP contribution < -0.4 is 10.6 Å². The number of rotatable bonds is 5. The Morgan fingerprint density at radius 1 is 1.35 bits per heavy atom. The molecule has 0 bridgehead atoms. The molecule has 0 aromatic heterocycles. The molecule has 1 aliphatic rings. The molecule has 1 atom stereocenters. The van der Waals surface area contributed by atoms with Gasteiger partial charge in [0.1, 0.15) is 0 Å². The maximum Gasteiger partial charge on any atom is 0.269 e. The van der Waals surface area contributed by atoms with Crippen molar-refractivity contribution in [3.63, 3.8) is 0 Å². The summed E-state index contributed by atoms with van der Waals surface area (Å²) < 4.78 is 0. The van der Waals surface area contributed by atoms with Crippen molar-refractivity contribution in [1.29, 1.82) is 0 Å². The van der Waals surface area contributed by atoms with Crippen molar-refractivity contribution in [2.45, 2.75) is 38.1 Å². The van der Waals surface area contributed by atoms with Crippen LogP contribution in [0.1, 0.15) is 32.1 Å². The minimum Gasteiger partial charge on any atom is -0.326 e. The fourth-order valence-corrected chi connectivity index (χ4v) is 2.37. The molecule has 2 rings (SSSR count). The molecule has 0 saturated carbocycles. The van der Waals surface area contributed by atoms with Crippen molar-refractivity contribution in [3.8, 4) is 0 Å². The highest BCUT2D eigenvalue weighted by atomic mass is 16.6. The number of hydrogen-bond acceptors (Lipinski definition) is 4. The van der Waals surface area contributed by atoms with E-state index in [9.17, 15) is 14.9 Å². The van der Waals surface area contributed by atoms with Gasteiger partial charge < -0.3 is 10.6 Å². The van der Waals surface area contributed by atoms with Crippen LogP contribution in [-0.2, 0) is 4.79 Å². The van der Waals surface area contributed by atoms with Crippen LogP contribution in [0, 0.1) is 10.1 Å². The Morgan fingerprint density at radius 2 is 2.10 bits per heavy atom. The summed E-state index contributed by atoms with van der Waals surface area (Å²) >= 11 is 0. The van der Waals surface area contributed by atoms with E-state index >= 15 is 0 Å². The summed E-state index contributed by atoms with van der Waals surface area (Å²) in [6.07, 6.45) is 4.87. The van der Waals surface area contributed by atoms with Gasteiger partial charge in [-0.25, -0.2) is 0 Å². The summed E-state index contributed by atoms with van der Waals surface area (Å²) in [6.45, 7) is 1.04. The summed E-state index contributed by atoms with van der Waals surface area (Å²) in [5.41, 5.74) is 0.617. The van der Waals surface area contributed by atoms with Crippen LogP contribution in [0.2, 0.25) is 0 Å². The van der Waals surface area contributed by atoms with E-state index in [1.807, 2.05) is 0 Å². The van der Waals surface area contributed by atoms with Gasteiger partial charge in [-0.3, -0.25) is 14.9 Å². The molecule has 0 radical (unpaired) electrons. The summed E-state index contributed by atoms with van der Waals surface area (Å²) in [4.78, 5) is 21.9. The Balaban J connectivity index is 1.77. The molecule has 1 unspecified atom stereocenters. The first-order valence-electron chi connectivity index (χ1n) is 6.93. The zero-order chi connectivity index (χ0) is 14.4. The zero-order valence-corrected chi connectivity index (χ0v) is 11.3. The number of nitrogens with one attached hydrogen (secondary N) is 2. The molecule has 0 aliphatic carbocycles. The number of anilines is 1. The van der Waals surface area contributed by atoms with Crippen LogP contribution in [0.3, 0.4) is 0 Å². The Bertz CT molecular complexity index is 467. The summed E-state index contributed by atoms with van der Waals surface area (Å²) in [5.74, 6) is -0.0498. The fourth-order valence-electron chi connectivity index (χ4n) is 2.37. The quantitative estimate of drug-likeness (QED) is 0.639. The van der Waals surface area contributed by atoms with Crippen LogP contribution in [-0.4, -0.2) is 23.4 Å². The molecule has 1 aliphatic heterocycles. The van der Waals surface area contributed by atoms with Gasteiger partial charge in [0.05, 0.1) is 4.92 Å². The molecule has 1 amide bonds. The lowest BCUT2D eigenvalue weighted by molar-refractivity contribution is -0.384. The Hall–Kier alpha value is -1.95. The molecule has 20 heavy (non-hydrogen) atoms. The topological polar surface area (TPSA) is 84.3 Å². The average Bonchev–Trinajstić information content (AvgIpc) is 2.47. The Kier molecular flexibility index (Phi) is 5.06. The molecular formula is C14H19N3O3. The summed E-state index contributed by atoms with van der Waals surface area (Å²) in [5, 5.41) is 16.7. The Morgan fingerprint density at radius 3 is 2.70 bits per heavy atom. The van der Waals surface area contributed by atoms with Gasteiger partial charge in [-0.1, -0.05) is 6.42 Å². The van der Waals surface area contributed by atoms with E-state index in [1.165, 1.54) is 25.0 Å². The molecule has 1 fully saturated rings. The Labute approximate surface area is 117 Å². The highest BCUT2D eigenvalue weighted by Gasteiger charge is 2.14. The van der Waals surface area contributed by atoms with E-state index in [0.29, 0.717) is 18.2 Å². The lowest BCUT2D eigenvalue weighted by atomic mass is 10.0. The molecular weight excluding hydrogens is 258 g/mol. The number of non-ortho nitro benzene ring substituents is 1. The highest BCUT2D eigenvalue weighted by molar-refractivity contribution is 5.90. The number of benzene rings is 1. The molecule has 1 aromatic carbocycles. The number of piperidine rings is 1. The maximum absolute atomic E-state index is 11.8. The molecule has 6 nitrogen and oxygen atoms in total. The van der Waals surface area contributed by atoms with Crippen molar-refractivity contribution < 1.29 is 9.72 Å². The van der Waals surface area contributed by atoms with E-state index in [-0.39, 0.29) is 11.6 Å². The van der Waals surface area contributed by atoms with Crippen molar-refractivity contribution >= 4 is 17.3 Å². The third-order valence-electron chi connectivity index (χ3n) is 3.49. The number of nitro benzene ring substituents is 1. The normalized spacial score (nSPS) is 18.5. The second kappa shape index (κ2) is 7.00. The summed E-state index contributed by atoms with van der Waals surface area (Å²) in [6, 6.07) is 6.31. The largest absolute Gasteiger partial charge is 0.326 e. The van der Waals surface area contributed by atoms with Crippen LogP contribution >= 0.6 is 0 Å². The number of carbonyl (C=O) groups is 1. The molecule has 1 saturated heterocycles. The fraction of sp³-hybridized carbons (Fsp3) is 0.500. The monoisotopic (exact) mass is 277 g/mol. The molecule has 1 aromatic rings. The molecule has 0 spiro atoms. The van der Waals surface area contributed by atoms with Crippen LogP contribution in [0.15, 0.2) is 24.3 Å². The smallest absolute Gasteiger partial charge is 0.269 e.